The van der Waals surface area contributed by atoms with Gasteiger partial charge in [0, 0.05) is 0 Å². The smallest absolute Gasteiger partial charge is 0.134 e. The molecule has 0 amide bonds. The molecule has 0 aliphatic heterocycles. The van der Waals surface area contributed by atoms with E-state index < -0.39 is 5.60 Å². The van der Waals surface area contributed by atoms with E-state index >= 15 is 0 Å². The van der Waals surface area contributed by atoms with Gasteiger partial charge in [-0.3, -0.25) is 0 Å². The fourth-order valence-corrected chi connectivity index (χ4v) is 2.61. The van der Waals surface area contributed by atoms with Crippen molar-refractivity contribution >= 4 is 11.6 Å². The average Bonchev–Trinajstić information content (AvgIpc) is 2.27. The minimum Gasteiger partial charge on any atom is -0.506 e. The number of aliphatic hydroxyl groups is 1. The van der Waals surface area contributed by atoms with E-state index in [1.54, 1.807) is 18.2 Å². The average molecular weight is 255 g/mol. The highest BCUT2D eigenvalue weighted by atomic mass is 35.5. The quantitative estimate of drug-likeness (QED) is 0.800. The van der Waals surface area contributed by atoms with Crippen LogP contribution < -0.4 is 0 Å². The Morgan fingerprint density at radius 3 is 2.24 bits per heavy atom. The van der Waals surface area contributed by atoms with Crippen LogP contribution in [0.15, 0.2) is 18.2 Å². The van der Waals surface area contributed by atoms with E-state index in [1.807, 2.05) is 0 Å². The van der Waals surface area contributed by atoms with Crippen LogP contribution in [-0.2, 0) is 5.60 Å². The van der Waals surface area contributed by atoms with Crippen LogP contribution in [0.25, 0.3) is 0 Å². The number of phenolic OH excluding ortho intramolecular Hbond substituents is 1. The zero-order chi connectivity index (χ0) is 12.7. The highest BCUT2D eigenvalue weighted by molar-refractivity contribution is 6.32. The molecule has 1 aliphatic carbocycles. The van der Waals surface area contributed by atoms with Gasteiger partial charge >= 0.3 is 0 Å². The molecule has 0 aromatic heterocycles. The fraction of sp³-hybridized carbons (Fsp3) is 0.571. The van der Waals surface area contributed by atoms with Crippen LogP contribution >= 0.6 is 11.6 Å². The number of benzene rings is 1. The van der Waals surface area contributed by atoms with Gasteiger partial charge in [-0.15, -0.1) is 0 Å². The third kappa shape index (κ3) is 2.58. The second-order valence-corrected chi connectivity index (χ2v) is 6.27. The monoisotopic (exact) mass is 254 g/mol. The first kappa shape index (κ1) is 12.7. The predicted molar refractivity (Wildman–Crippen MR) is 69.3 cm³/mol. The van der Waals surface area contributed by atoms with Crippen molar-refractivity contribution in [2.45, 2.75) is 45.1 Å². The first-order valence-electron chi connectivity index (χ1n) is 6.04. The lowest BCUT2D eigenvalue weighted by Crippen LogP contribution is -2.34. The summed E-state index contributed by atoms with van der Waals surface area (Å²) in [5.74, 6) is 0.0650. The van der Waals surface area contributed by atoms with Crippen molar-refractivity contribution in [2.75, 3.05) is 0 Å². The van der Waals surface area contributed by atoms with E-state index in [9.17, 15) is 10.2 Å². The predicted octanol–water partition coefficient (Wildman–Crippen LogP) is 3.83. The lowest BCUT2D eigenvalue weighted by Gasteiger charge is -2.40. The van der Waals surface area contributed by atoms with Gasteiger partial charge in [0.05, 0.1) is 10.6 Å². The molecule has 1 fully saturated rings. The minimum atomic E-state index is -0.785. The SMILES string of the molecule is CC1(C)CCC(O)(c2ccc(O)c(Cl)c2)CC1. The van der Waals surface area contributed by atoms with Crippen molar-refractivity contribution < 1.29 is 10.2 Å². The van der Waals surface area contributed by atoms with Crippen molar-refractivity contribution in [2.24, 2.45) is 5.41 Å². The van der Waals surface area contributed by atoms with Gasteiger partial charge in [-0.05, 0) is 48.8 Å². The van der Waals surface area contributed by atoms with Gasteiger partial charge in [0.2, 0.25) is 0 Å². The zero-order valence-corrected chi connectivity index (χ0v) is 11.1. The van der Waals surface area contributed by atoms with E-state index in [4.69, 9.17) is 11.6 Å². The molecule has 0 unspecified atom stereocenters. The van der Waals surface area contributed by atoms with E-state index in [0.717, 1.165) is 31.2 Å². The number of hydrogen-bond donors (Lipinski definition) is 2. The Kier molecular flexibility index (Phi) is 3.13. The van der Waals surface area contributed by atoms with Gasteiger partial charge in [0.25, 0.3) is 0 Å². The molecular formula is C14H19ClO2. The Morgan fingerprint density at radius 2 is 1.71 bits per heavy atom. The van der Waals surface area contributed by atoms with Crippen molar-refractivity contribution in [3.05, 3.63) is 28.8 Å². The summed E-state index contributed by atoms with van der Waals surface area (Å²) in [6.07, 6.45) is 3.51. The minimum absolute atomic E-state index is 0.0650. The summed E-state index contributed by atoms with van der Waals surface area (Å²) in [4.78, 5) is 0. The first-order chi connectivity index (χ1) is 7.82. The maximum Gasteiger partial charge on any atom is 0.134 e. The molecule has 0 atom stereocenters. The Bertz CT molecular complexity index is 416. The van der Waals surface area contributed by atoms with Gasteiger partial charge in [0.15, 0.2) is 0 Å². The standard InChI is InChI=1S/C14H19ClO2/c1-13(2)5-7-14(17,8-6-13)10-3-4-12(16)11(15)9-10/h3-4,9,16-17H,5-8H2,1-2H3. The lowest BCUT2D eigenvalue weighted by molar-refractivity contribution is -0.0305. The van der Waals surface area contributed by atoms with Crippen molar-refractivity contribution in [1.29, 1.82) is 0 Å². The largest absolute Gasteiger partial charge is 0.506 e. The maximum atomic E-state index is 10.6. The summed E-state index contributed by atoms with van der Waals surface area (Å²) in [5, 5.41) is 20.4. The maximum absolute atomic E-state index is 10.6. The Morgan fingerprint density at radius 1 is 1.12 bits per heavy atom. The molecule has 1 aromatic rings. The lowest BCUT2D eigenvalue weighted by atomic mass is 9.69. The van der Waals surface area contributed by atoms with E-state index in [0.29, 0.717) is 10.4 Å². The summed E-state index contributed by atoms with van der Waals surface area (Å²) < 4.78 is 0. The first-order valence-corrected chi connectivity index (χ1v) is 6.42. The number of halogens is 1. The molecule has 1 aliphatic rings. The van der Waals surface area contributed by atoms with Crippen LogP contribution in [0.3, 0.4) is 0 Å². The highest BCUT2D eigenvalue weighted by Crippen LogP contribution is 2.45. The molecule has 94 valence electrons. The summed E-state index contributed by atoms with van der Waals surface area (Å²) >= 11 is 5.89. The van der Waals surface area contributed by atoms with E-state index in [1.165, 1.54) is 0 Å². The number of hydrogen-bond acceptors (Lipinski definition) is 2. The van der Waals surface area contributed by atoms with Crippen molar-refractivity contribution in [1.82, 2.24) is 0 Å². The van der Waals surface area contributed by atoms with Crippen LogP contribution in [0.2, 0.25) is 5.02 Å². The third-order valence-corrected chi connectivity index (χ3v) is 4.22. The van der Waals surface area contributed by atoms with Crippen LogP contribution in [0.5, 0.6) is 5.75 Å². The summed E-state index contributed by atoms with van der Waals surface area (Å²) in [7, 11) is 0. The molecule has 2 nitrogen and oxygen atoms in total. The summed E-state index contributed by atoms with van der Waals surface area (Å²) in [6, 6.07) is 4.99. The van der Waals surface area contributed by atoms with Crippen LogP contribution in [-0.4, -0.2) is 10.2 Å². The topological polar surface area (TPSA) is 40.5 Å². The van der Waals surface area contributed by atoms with Crippen LogP contribution in [0.1, 0.15) is 45.1 Å². The molecule has 0 radical (unpaired) electrons. The molecule has 1 aromatic carbocycles. The van der Waals surface area contributed by atoms with E-state index in [2.05, 4.69) is 13.8 Å². The Balaban J connectivity index is 2.24. The third-order valence-electron chi connectivity index (χ3n) is 3.92. The van der Waals surface area contributed by atoms with Gasteiger partial charge in [0.1, 0.15) is 5.75 Å². The normalized spacial score (nSPS) is 22.4. The van der Waals surface area contributed by atoms with Gasteiger partial charge in [-0.2, -0.15) is 0 Å². The number of phenols is 1. The van der Waals surface area contributed by atoms with Gasteiger partial charge < -0.3 is 10.2 Å². The number of rotatable bonds is 1. The molecule has 2 rings (SSSR count). The summed E-state index contributed by atoms with van der Waals surface area (Å²) in [6.45, 7) is 4.47. The summed E-state index contributed by atoms with van der Waals surface area (Å²) in [5.41, 5.74) is 0.343. The Hall–Kier alpha value is -0.730. The zero-order valence-electron chi connectivity index (χ0n) is 10.3. The molecule has 0 saturated heterocycles. The number of aromatic hydroxyl groups is 1. The van der Waals surface area contributed by atoms with Crippen LogP contribution in [0.4, 0.5) is 0 Å². The van der Waals surface area contributed by atoms with E-state index in [-0.39, 0.29) is 5.75 Å². The second kappa shape index (κ2) is 4.18. The Labute approximate surface area is 107 Å². The second-order valence-electron chi connectivity index (χ2n) is 5.86. The van der Waals surface area contributed by atoms with Gasteiger partial charge in [-0.25, -0.2) is 0 Å². The molecule has 0 heterocycles. The van der Waals surface area contributed by atoms with Crippen LogP contribution in [0, 0.1) is 5.41 Å². The fourth-order valence-electron chi connectivity index (χ4n) is 2.43. The molecule has 1 saturated carbocycles. The molecule has 0 bridgehead atoms. The molecular weight excluding hydrogens is 236 g/mol. The molecule has 17 heavy (non-hydrogen) atoms. The molecule has 0 spiro atoms. The molecule has 3 heteroatoms. The molecule has 2 N–H and O–H groups in total. The van der Waals surface area contributed by atoms with Crippen molar-refractivity contribution in [3.63, 3.8) is 0 Å². The van der Waals surface area contributed by atoms with Gasteiger partial charge in [-0.1, -0.05) is 31.5 Å². The highest BCUT2D eigenvalue weighted by Gasteiger charge is 2.38. The van der Waals surface area contributed by atoms with Crippen molar-refractivity contribution in [3.8, 4) is 5.75 Å².